The van der Waals surface area contributed by atoms with Crippen LogP contribution in [-0.4, -0.2) is 50.2 Å². The summed E-state index contributed by atoms with van der Waals surface area (Å²) in [6.07, 6.45) is 4.33. The van der Waals surface area contributed by atoms with Crippen LogP contribution in [-0.2, 0) is 16.4 Å². The van der Waals surface area contributed by atoms with E-state index in [4.69, 9.17) is 0 Å². The Bertz CT molecular complexity index is 626. The van der Waals surface area contributed by atoms with E-state index in [-0.39, 0.29) is 18.1 Å². The second-order valence-electron chi connectivity index (χ2n) is 6.48. The zero-order chi connectivity index (χ0) is 17.6. The fourth-order valence-corrected chi connectivity index (χ4v) is 3.76. The van der Waals surface area contributed by atoms with Gasteiger partial charge in [0, 0.05) is 25.2 Å². The number of piperidine rings is 1. The first-order chi connectivity index (χ1) is 11.3. The third-order valence-corrected chi connectivity index (χ3v) is 5.65. The topological polar surface area (TPSA) is 78.5 Å². The van der Waals surface area contributed by atoms with Crippen molar-refractivity contribution in [3.8, 4) is 0 Å². The van der Waals surface area contributed by atoms with E-state index >= 15 is 0 Å². The van der Waals surface area contributed by atoms with Gasteiger partial charge in [0.25, 0.3) is 0 Å². The molecule has 2 amide bonds. The summed E-state index contributed by atoms with van der Waals surface area (Å²) >= 11 is 0. The molecule has 7 heteroatoms. The van der Waals surface area contributed by atoms with Gasteiger partial charge in [0.15, 0.2) is 0 Å². The molecule has 1 fully saturated rings. The zero-order valence-corrected chi connectivity index (χ0v) is 15.2. The number of rotatable bonds is 6. The molecule has 1 heterocycles. The summed E-state index contributed by atoms with van der Waals surface area (Å²) in [4.78, 5) is 12.1. The van der Waals surface area contributed by atoms with Gasteiger partial charge in [-0.2, -0.15) is 0 Å². The number of hydrogen-bond donors (Lipinski definition) is 2. The monoisotopic (exact) mass is 353 g/mol. The first-order valence-electron chi connectivity index (χ1n) is 8.40. The molecule has 1 aliphatic heterocycles. The molecule has 0 radical (unpaired) electrons. The van der Waals surface area contributed by atoms with Crippen molar-refractivity contribution in [2.75, 3.05) is 19.3 Å². The summed E-state index contributed by atoms with van der Waals surface area (Å²) in [6.45, 7) is 2.93. The summed E-state index contributed by atoms with van der Waals surface area (Å²) in [5.41, 5.74) is 1.26. The van der Waals surface area contributed by atoms with Gasteiger partial charge in [-0.25, -0.2) is 17.5 Å². The molecule has 24 heavy (non-hydrogen) atoms. The van der Waals surface area contributed by atoms with Crippen LogP contribution in [0.2, 0.25) is 0 Å². The molecule has 1 unspecified atom stereocenters. The van der Waals surface area contributed by atoms with Gasteiger partial charge in [-0.3, -0.25) is 0 Å². The van der Waals surface area contributed by atoms with E-state index in [0.29, 0.717) is 25.9 Å². The summed E-state index contributed by atoms with van der Waals surface area (Å²) < 4.78 is 24.4. The smallest absolute Gasteiger partial charge is 0.315 e. The highest BCUT2D eigenvalue weighted by Crippen LogP contribution is 2.13. The Morgan fingerprint density at radius 2 is 1.88 bits per heavy atom. The molecule has 1 aliphatic rings. The summed E-state index contributed by atoms with van der Waals surface area (Å²) in [6, 6.07) is 10.1. The van der Waals surface area contributed by atoms with Gasteiger partial charge >= 0.3 is 6.03 Å². The maximum Gasteiger partial charge on any atom is 0.315 e. The molecule has 2 rings (SSSR count). The molecule has 1 saturated heterocycles. The number of nitrogens with zero attached hydrogens (tertiary/aromatic N) is 1. The molecule has 1 atom stereocenters. The maximum atomic E-state index is 12.1. The highest BCUT2D eigenvalue weighted by molar-refractivity contribution is 7.88. The molecule has 0 aromatic heterocycles. The highest BCUT2D eigenvalue weighted by Gasteiger charge is 2.25. The van der Waals surface area contributed by atoms with Crippen LogP contribution in [0.5, 0.6) is 0 Å². The summed E-state index contributed by atoms with van der Waals surface area (Å²) in [7, 11) is -3.13. The van der Waals surface area contributed by atoms with E-state index in [0.717, 1.165) is 12.8 Å². The number of carbonyl (C=O) groups excluding carboxylic acids is 1. The lowest BCUT2D eigenvalue weighted by Crippen LogP contribution is -2.50. The minimum Gasteiger partial charge on any atom is -0.336 e. The number of urea groups is 1. The second-order valence-corrected chi connectivity index (χ2v) is 8.46. The molecule has 0 bridgehead atoms. The standard InChI is InChI=1S/C17H27N3O3S/c1-14(8-9-15-6-4-3-5-7-15)18-17(21)19-16-10-12-20(13-11-16)24(2,22)23/h3-7,14,16H,8-13H2,1-2H3,(H2,18,19,21). The molecule has 0 spiro atoms. The van der Waals surface area contributed by atoms with Crippen LogP contribution in [0.1, 0.15) is 31.7 Å². The van der Waals surface area contributed by atoms with Crippen molar-refractivity contribution < 1.29 is 13.2 Å². The molecule has 134 valence electrons. The Morgan fingerprint density at radius 3 is 2.46 bits per heavy atom. The minimum atomic E-state index is -3.13. The summed E-state index contributed by atoms with van der Waals surface area (Å²) in [5.74, 6) is 0. The third kappa shape index (κ3) is 6.13. The van der Waals surface area contributed by atoms with E-state index in [1.807, 2.05) is 25.1 Å². The first-order valence-corrected chi connectivity index (χ1v) is 10.3. The molecule has 0 saturated carbocycles. The van der Waals surface area contributed by atoms with Crippen molar-refractivity contribution in [2.24, 2.45) is 0 Å². The van der Waals surface area contributed by atoms with Crippen molar-refractivity contribution in [1.29, 1.82) is 0 Å². The average molecular weight is 353 g/mol. The lowest BCUT2D eigenvalue weighted by atomic mass is 10.1. The van der Waals surface area contributed by atoms with Gasteiger partial charge in [-0.15, -0.1) is 0 Å². The number of amides is 2. The van der Waals surface area contributed by atoms with Crippen LogP contribution >= 0.6 is 0 Å². The molecular formula is C17H27N3O3S. The fraction of sp³-hybridized carbons (Fsp3) is 0.588. The Labute approximate surface area is 144 Å². The second kappa shape index (κ2) is 8.48. The van der Waals surface area contributed by atoms with Gasteiger partial charge < -0.3 is 10.6 Å². The van der Waals surface area contributed by atoms with E-state index < -0.39 is 10.0 Å². The molecule has 1 aromatic rings. The van der Waals surface area contributed by atoms with Gasteiger partial charge in [-0.1, -0.05) is 30.3 Å². The molecule has 1 aromatic carbocycles. The number of aryl methyl sites for hydroxylation is 1. The molecular weight excluding hydrogens is 326 g/mol. The Hall–Kier alpha value is -1.60. The predicted molar refractivity (Wildman–Crippen MR) is 95.3 cm³/mol. The van der Waals surface area contributed by atoms with Crippen molar-refractivity contribution in [3.63, 3.8) is 0 Å². The van der Waals surface area contributed by atoms with Crippen molar-refractivity contribution in [1.82, 2.24) is 14.9 Å². The van der Waals surface area contributed by atoms with Crippen molar-refractivity contribution in [2.45, 2.75) is 44.7 Å². The summed E-state index contributed by atoms with van der Waals surface area (Å²) in [5, 5.41) is 5.91. The van der Waals surface area contributed by atoms with E-state index in [9.17, 15) is 13.2 Å². The Kier molecular flexibility index (Phi) is 6.62. The SMILES string of the molecule is CC(CCc1ccccc1)NC(=O)NC1CCN(S(C)(=O)=O)CC1. The maximum absolute atomic E-state index is 12.1. The Morgan fingerprint density at radius 1 is 1.25 bits per heavy atom. The quantitative estimate of drug-likeness (QED) is 0.817. The van der Waals surface area contributed by atoms with Gasteiger partial charge in [-0.05, 0) is 38.2 Å². The highest BCUT2D eigenvalue weighted by atomic mass is 32.2. The number of sulfonamides is 1. The van der Waals surface area contributed by atoms with Crippen LogP contribution in [0.15, 0.2) is 30.3 Å². The number of benzene rings is 1. The minimum absolute atomic E-state index is 0.0318. The Balaban J connectivity index is 1.68. The lowest BCUT2D eigenvalue weighted by molar-refractivity contribution is 0.224. The van der Waals surface area contributed by atoms with E-state index in [2.05, 4.69) is 22.8 Å². The van der Waals surface area contributed by atoms with Gasteiger partial charge in [0.05, 0.1) is 6.26 Å². The van der Waals surface area contributed by atoms with Crippen LogP contribution in [0.3, 0.4) is 0 Å². The first kappa shape index (κ1) is 18.7. The number of hydrogen-bond acceptors (Lipinski definition) is 3. The molecule has 6 nitrogen and oxygen atoms in total. The van der Waals surface area contributed by atoms with E-state index in [1.165, 1.54) is 16.1 Å². The van der Waals surface area contributed by atoms with Crippen molar-refractivity contribution in [3.05, 3.63) is 35.9 Å². The van der Waals surface area contributed by atoms with Gasteiger partial charge in [0.1, 0.15) is 0 Å². The van der Waals surface area contributed by atoms with Gasteiger partial charge in [0.2, 0.25) is 10.0 Å². The van der Waals surface area contributed by atoms with E-state index in [1.54, 1.807) is 0 Å². The fourth-order valence-electron chi connectivity index (χ4n) is 2.88. The average Bonchev–Trinajstić information content (AvgIpc) is 2.53. The number of nitrogens with one attached hydrogen (secondary N) is 2. The normalized spacial score (nSPS) is 18.1. The third-order valence-electron chi connectivity index (χ3n) is 4.34. The van der Waals surface area contributed by atoms with Crippen molar-refractivity contribution >= 4 is 16.1 Å². The van der Waals surface area contributed by atoms with Crippen LogP contribution in [0.4, 0.5) is 4.79 Å². The number of carbonyl (C=O) groups is 1. The zero-order valence-electron chi connectivity index (χ0n) is 14.4. The van der Waals surface area contributed by atoms with Crippen LogP contribution < -0.4 is 10.6 Å². The molecule has 2 N–H and O–H groups in total. The van der Waals surface area contributed by atoms with Crippen LogP contribution in [0, 0.1) is 0 Å². The molecule has 0 aliphatic carbocycles. The van der Waals surface area contributed by atoms with Crippen LogP contribution in [0.25, 0.3) is 0 Å². The predicted octanol–water partition coefficient (Wildman–Crippen LogP) is 1.73. The largest absolute Gasteiger partial charge is 0.336 e. The lowest BCUT2D eigenvalue weighted by Gasteiger charge is -2.31.